The summed E-state index contributed by atoms with van der Waals surface area (Å²) in [7, 11) is -2.30. The monoisotopic (exact) mass is 341 g/mol. The van der Waals surface area contributed by atoms with Gasteiger partial charge in [-0.2, -0.15) is 4.31 Å². The number of piperidine rings is 1. The molecule has 1 heterocycles. The Balaban J connectivity index is 2.27. The number of aryl methyl sites for hydroxylation is 1. The Morgan fingerprint density at radius 3 is 2.74 bits per heavy atom. The molecule has 0 N–H and O–H groups in total. The number of carbonyl (C=O) groups excluding carboxylic acids is 1. The summed E-state index contributed by atoms with van der Waals surface area (Å²) in [4.78, 5) is 11.8. The van der Waals surface area contributed by atoms with Gasteiger partial charge in [-0.15, -0.1) is 0 Å². The molecule has 1 fully saturated rings. The van der Waals surface area contributed by atoms with Crippen LogP contribution in [0.4, 0.5) is 0 Å². The number of hydrogen-bond acceptors (Lipinski definition) is 5. The van der Waals surface area contributed by atoms with E-state index < -0.39 is 16.0 Å². The minimum absolute atomic E-state index is 0.0572. The third kappa shape index (κ3) is 3.91. The highest BCUT2D eigenvalue weighted by Gasteiger charge is 2.31. The van der Waals surface area contributed by atoms with Crippen molar-refractivity contribution < 1.29 is 22.7 Å². The second-order valence-corrected chi connectivity index (χ2v) is 7.46. The molecule has 7 heteroatoms. The van der Waals surface area contributed by atoms with Crippen LogP contribution in [-0.2, 0) is 19.5 Å². The van der Waals surface area contributed by atoms with Crippen molar-refractivity contribution in [1.29, 1.82) is 0 Å². The predicted molar refractivity (Wildman–Crippen MR) is 85.9 cm³/mol. The van der Waals surface area contributed by atoms with Crippen LogP contribution >= 0.6 is 0 Å². The lowest BCUT2D eigenvalue weighted by Crippen LogP contribution is -2.43. The van der Waals surface area contributed by atoms with Crippen LogP contribution in [0.2, 0.25) is 0 Å². The van der Waals surface area contributed by atoms with E-state index in [4.69, 9.17) is 4.74 Å². The smallest absolute Gasteiger partial charge is 0.337 e. The van der Waals surface area contributed by atoms with Crippen LogP contribution in [0, 0.1) is 6.92 Å². The Bertz CT molecular complexity index is 669. The fourth-order valence-corrected chi connectivity index (χ4v) is 4.53. The number of benzene rings is 1. The van der Waals surface area contributed by atoms with Crippen molar-refractivity contribution in [3.05, 3.63) is 29.3 Å². The SMILES string of the molecule is CCO[C@@H]1CCCN(S(=O)(=O)c2ccc(C(=O)OC)cc2C)C1. The first-order chi connectivity index (χ1) is 10.9. The highest BCUT2D eigenvalue weighted by atomic mass is 32.2. The molecular formula is C16H23NO5S. The largest absolute Gasteiger partial charge is 0.465 e. The summed E-state index contributed by atoms with van der Waals surface area (Å²) in [5, 5.41) is 0. The number of methoxy groups -OCH3 is 1. The topological polar surface area (TPSA) is 72.9 Å². The van der Waals surface area contributed by atoms with Crippen LogP contribution in [0.1, 0.15) is 35.7 Å². The maximum Gasteiger partial charge on any atom is 0.337 e. The highest BCUT2D eigenvalue weighted by molar-refractivity contribution is 7.89. The molecule has 1 saturated heterocycles. The van der Waals surface area contributed by atoms with Crippen molar-refractivity contribution >= 4 is 16.0 Å². The van der Waals surface area contributed by atoms with Gasteiger partial charge in [0, 0.05) is 19.7 Å². The van der Waals surface area contributed by atoms with E-state index in [1.807, 2.05) is 6.92 Å². The van der Waals surface area contributed by atoms with Crippen LogP contribution in [0.25, 0.3) is 0 Å². The molecule has 1 aliphatic heterocycles. The van der Waals surface area contributed by atoms with Crippen LogP contribution in [-0.4, -0.2) is 51.6 Å². The molecule has 0 spiro atoms. The van der Waals surface area contributed by atoms with Crippen LogP contribution < -0.4 is 0 Å². The maximum absolute atomic E-state index is 12.9. The van der Waals surface area contributed by atoms with Gasteiger partial charge in [-0.05, 0) is 50.5 Å². The molecule has 0 radical (unpaired) electrons. The predicted octanol–water partition coefficient (Wildman–Crippen LogP) is 1.97. The lowest BCUT2D eigenvalue weighted by Gasteiger charge is -2.32. The molecule has 1 atom stereocenters. The zero-order valence-corrected chi connectivity index (χ0v) is 14.6. The van der Waals surface area contributed by atoms with Gasteiger partial charge in [-0.25, -0.2) is 13.2 Å². The van der Waals surface area contributed by atoms with Crippen molar-refractivity contribution in [2.24, 2.45) is 0 Å². The number of carbonyl (C=O) groups is 1. The molecule has 0 bridgehead atoms. The van der Waals surface area contributed by atoms with E-state index in [-0.39, 0.29) is 11.0 Å². The van der Waals surface area contributed by atoms with E-state index in [2.05, 4.69) is 4.74 Å². The van der Waals surface area contributed by atoms with E-state index in [0.29, 0.717) is 30.8 Å². The maximum atomic E-state index is 12.9. The second-order valence-electron chi connectivity index (χ2n) is 5.55. The average Bonchev–Trinajstić information content (AvgIpc) is 2.54. The Morgan fingerprint density at radius 1 is 1.39 bits per heavy atom. The fourth-order valence-electron chi connectivity index (χ4n) is 2.82. The molecular weight excluding hydrogens is 318 g/mol. The highest BCUT2D eigenvalue weighted by Crippen LogP contribution is 2.25. The third-order valence-electron chi connectivity index (χ3n) is 3.96. The number of hydrogen-bond donors (Lipinski definition) is 0. The Labute approximate surface area is 137 Å². The number of nitrogens with zero attached hydrogens (tertiary/aromatic N) is 1. The van der Waals surface area contributed by atoms with Gasteiger partial charge < -0.3 is 9.47 Å². The minimum atomic E-state index is -3.59. The Morgan fingerprint density at radius 2 is 2.13 bits per heavy atom. The molecule has 0 aromatic heterocycles. The van der Waals surface area contributed by atoms with E-state index >= 15 is 0 Å². The first-order valence-corrected chi connectivity index (χ1v) is 9.15. The second kappa shape index (κ2) is 7.42. The summed E-state index contributed by atoms with van der Waals surface area (Å²) < 4.78 is 37.4. The van der Waals surface area contributed by atoms with E-state index in [9.17, 15) is 13.2 Å². The normalized spacial score (nSPS) is 19.5. The standard InChI is InChI=1S/C16H23NO5S/c1-4-22-14-6-5-9-17(11-14)23(19,20)15-8-7-13(10-12(15)2)16(18)21-3/h7-8,10,14H,4-6,9,11H2,1-3H3/t14-/m1/s1. The fraction of sp³-hybridized carbons (Fsp3) is 0.562. The van der Waals surface area contributed by atoms with Gasteiger partial charge in [-0.3, -0.25) is 0 Å². The molecule has 128 valence electrons. The molecule has 1 aromatic rings. The van der Waals surface area contributed by atoms with Crippen molar-refractivity contribution in [1.82, 2.24) is 4.31 Å². The van der Waals surface area contributed by atoms with Crippen molar-refractivity contribution in [2.45, 2.75) is 37.7 Å². The van der Waals surface area contributed by atoms with Gasteiger partial charge in [-0.1, -0.05) is 0 Å². The lowest BCUT2D eigenvalue weighted by molar-refractivity contribution is 0.0265. The van der Waals surface area contributed by atoms with E-state index in [0.717, 1.165) is 12.8 Å². The summed E-state index contributed by atoms with van der Waals surface area (Å²) in [6.07, 6.45) is 1.60. The van der Waals surface area contributed by atoms with Crippen LogP contribution in [0.15, 0.2) is 23.1 Å². The quantitative estimate of drug-likeness (QED) is 0.766. The van der Waals surface area contributed by atoms with Gasteiger partial charge in [0.05, 0.1) is 23.7 Å². The summed E-state index contributed by atoms with van der Waals surface area (Å²) in [5.41, 5.74) is 0.876. The Kier molecular flexibility index (Phi) is 5.78. The number of rotatable bonds is 5. The molecule has 0 amide bonds. The summed E-state index contributed by atoms with van der Waals surface area (Å²) in [5.74, 6) is -0.480. The molecule has 0 saturated carbocycles. The molecule has 0 aliphatic carbocycles. The molecule has 1 aliphatic rings. The zero-order chi connectivity index (χ0) is 17.0. The van der Waals surface area contributed by atoms with Crippen LogP contribution in [0.3, 0.4) is 0 Å². The first kappa shape index (κ1) is 17.9. The number of sulfonamides is 1. The van der Waals surface area contributed by atoms with E-state index in [1.165, 1.54) is 23.5 Å². The molecule has 23 heavy (non-hydrogen) atoms. The van der Waals surface area contributed by atoms with Crippen molar-refractivity contribution in [3.63, 3.8) is 0 Å². The molecule has 0 unspecified atom stereocenters. The molecule has 2 rings (SSSR count). The summed E-state index contributed by atoms with van der Waals surface area (Å²) in [6.45, 7) is 5.02. The van der Waals surface area contributed by atoms with Gasteiger partial charge in [0.2, 0.25) is 10.0 Å². The first-order valence-electron chi connectivity index (χ1n) is 7.70. The average molecular weight is 341 g/mol. The van der Waals surface area contributed by atoms with Gasteiger partial charge in [0.25, 0.3) is 0 Å². The number of esters is 1. The summed E-state index contributed by atoms with van der Waals surface area (Å²) >= 11 is 0. The zero-order valence-electron chi connectivity index (χ0n) is 13.7. The van der Waals surface area contributed by atoms with Crippen LogP contribution in [0.5, 0.6) is 0 Å². The molecule has 6 nitrogen and oxygen atoms in total. The third-order valence-corrected chi connectivity index (χ3v) is 5.98. The Hall–Kier alpha value is -1.44. The lowest BCUT2D eigenvalue weighted by atomic mass is 10.1. The molecule has 1 aromatic carbocycles. The minimum Gasteiger partial charge on any atom is -0.465 e. The van der Waals surface area contributed by atoms with Gasteiger partial charge in [0.15, 0.2) is 0 Å². The van der Waals surface area contributed by atoms with E-state index in [1.54, 1.807) is 13.0 Å². The summed E-state index contributed by atoms with van der Waals surface area (Å²) in [6, 6.07) is 4.50. The van der Waals surface area contributed by atoms with Crippen molar-refractivity contribution in [2.75, 3.05) is 26.8 Å². The number of ether oxygens (including phenoxy) is 2. The van der Waals surface area contributed by atoms with Gasteiger partial charge in [0.1, 0.15) is 0 Å². The van der Waals surface area contributed by atoms with Crippen molar-refractivity contribution in [3.8, 4) is 0 Å². The van der Waals surface area contributed by atoms with Gasteiger partial charge >= 0.3 is 5.97 Å².